The van der Waals surface area contributed by atoms with E-state index >= 15 is 0 Å². The number of hydrazine groups is 1. The molecule has 44 heavy (non-hydrogen) atoms. The molecule has 218 valence electrons. The van der Waals surface area contributed by atoms with Crippen molar-refractivity contribution in [2.24, 2.45) is 5.10 Å². The van der Waals surface area contributed by atoms with Crippen LogP contribution in [0, 0.1) is 20.2 Å². The number of carbonyl (C=O) groups excluding carboxylic acids is 1. The average molecular weight is 590 g/mol. The summed E-state index contributed by atoms with van der Waals surface area (Å²) in [6, 6.07) is 30.4. The molecule has 0 radical (unpaired) electrons. The molecular formula is C30H23N9O5. The highest BCUT2D eigenvalue weighted by molar-refractivity contribution is 6.09. The summed E-state index contributed by atoms with van der Waals surface area (Å²) in [5, 5.41) is 35.4. The van der Waals surface area contributed by atoms with Gasteiger partial charge in [-0.2, -0.15) is 5.10 Å². The number of nitro groups is 2. The Morgan fingerprint density at radius 3 is 1.98 bits per heavy atom. The number of nitro benzene ring substituents is 2. The van der Waals surface area contributed by atoms with Crippen LogP contribution in [0.25, 0.3) is 22.5 Å². The second-order valence-corrected chi connectivity index (χ2v) is 9.17. The van der Waals surface area contributed by atoms with Crippen LogP contribution < -0.4 is 16.3 Å². The molecule has 5 aromatic rings. The molecule has 14 nitrogen and oxygen atoms in total. The predicted molar refractivity (Wildman–Crippen MR) is 164 cm³/mol. The Morgan fingerprint density at radius 2 is 1.36 bits per heavy atom. The first-order valence-electron chi connectivity index (χ1n) is 13.1. The van der Waals surface area contributed by atoms with E-state index in [1.165, 1.54) is 0 Å². The Balaban J connectivity index is 1.45. The fraction of sp³-hybridized carbons (Fsp3) is 0.0333. The number of nitrogens with one attached hydrogen (secondary N) is 3. The summed E-state index contributed by atoms with van der Waals surface area (Å²) in [5.41, 5.74) is 10.1. The number of hydrogen-bond acceptors (Lipinski definition) is 11. The Kier molecular flexibility index (Phi) is 8.81. The first kappa shape index (κ1) is 28.9. The summed E-state index contributed by atoms with van der Waals surface area (Å²) >= 11 is 0. The van der Waals surface area contributed by atoms with E-state index in [0.29, 0.717) is 17.0 Å². The number of rotatable bonds is 11. The van der Waals surface area contributed by atoms with Gasteiger partial charge in [0.2, 0.25) is 0 Å². The lowest BCUT2D eigenvalue weighted by atomic mass is 10.0. The van der Waals surface area contributed by atoms with Crippen molar-refractivity contribution in [3.8, 4) is 22.5 Å². The standard InChI is InChI=1S/C30H23N9O5/c40-26(20-10-4-1-5-11-20)19-27(33-32-24-17-16-23(38(41)42)18-25(24)39(43)44)34-36-30-31-28(21-12-6-2-7-13-21)29(35-37-30)22-14-8-3-9-15-22/h1-18,32H,19H2,(H,33,34)(H,31,36,37). The van der Waals surface area contributed by atoms with Crippen molar-refractivity contribution >= 4 is 34.6 Å². The highest BCUT2D eigenvalue weighted by atomic mass is 16.6. The Morgan fingerprint density at radius 1 is 0.750 bits per heavy atom. The number of hydrazone groups is 1. The van der Waals surface area contributed by atoms with Crippen LogP contribution in [0.15, 0.2) is 114 Å². The van der Waals surface area contributed by atoms with Crippen molar-refractivity contribution in [2.75, 3.05) is 10.9 Å². The molecule has 3 N–H and O–H groups in total. The van der Waals surface area contributed by atoms with Gasteiger partial charge < -0.3 is 0 Å². The number of amidine groups is 1. The summed E-state index contributed by atoms with van der Waals surface area (Å²) in [7, 11) is 0. The van der Waals surface area contributed by atoms with Gasteiger partial charge in [-0.25, -0.2) is 4.98 Å². The first-order chi connectivity index (χ1) is 21.4. The lowest BCUT2D eigenvalue weighted by molar-refractivity contribution is -0.393. The minimum absolute atomic E-state index is 0.0171. The second-order valence-electron chi connectivity index (χ2n) is 9.17. The molecule has 0 saturated heterocycles. The molecule has 0 unspecified atom stereocenters. The van der Waals surface area contributed by atoms with Crippen LogP contribution in [0.4, 0.5) is 23.0 Å². The fourth-order valence-electron chi connectivity index (χ4n) is 4.09. The first-order valence-corrected chi connectivity index (χ1v) is 13.1. The van der Waals surface area contributed by atoms with E-state index in [-0.39, 0.29) is 29.7 Å². The van der Waals surface area contributed by atoms with Gasteiger partial charge >= 0.3 is 5.69 Å². The van der Waals surface area contributed by atoms with Gasteiger partial charge in [-0.05, 0) is 6.07 Å². The molecule has 0 bridgehead atoms. The summed E-state index contributed by atoms with van der Waals surface area (Å²) in [6.45, 7) is 0. The molecule has 0 aliphatic carbocycles. The van der Waals surface area contributed by atoms with Gasteiger partial charge in [-0.1, -0.05) is 91.0 Å². The molecule has 1 heterocycles. The van der Waals surface area contributed by atoms with Crippen LogP contribution in [0.1, 0.15) is 16.8 Å². The van der Waals surface area contributed by atoms with Gasteiger partial charge in [-0.15, -0.1) is 10.2 Å². The SMILES string of the molecule is O=C(C/C(=N\Nc1ccc([N+](=O)[O-])cc1[N+](=O)[O-])NNc1nnc(-c2ccccc2)c(-c2ccccc2)n1)c1ccccc1. The van der Waals surface area contributed by atoms with Crippen molar-refractivity contribution in [3.05, 3.63) is 135 Å². The van der Waals surface area contributed by atoms with E-state index in [1.54, 1.807) is 30.3 Å². The maximum absolute atomic E-state index is 13.0. The van der Waals surface area contributed by atoms with E-state index in [9.17, 15) is 25.0 Å². The maximum Gasteiger partial charge on any atom is 0.301 e. The van der Waals surface area contributed by atoms with Crippen LogP contribution >= 0.6 is 0 Å². The summed E-state index contributed by atoms with van der Waals surface area (Å²) < 4.78 is 0. The fourth-order valence-corrected chi connectivity index (χ4v) is 4.09. The van der Waals surface area contributed by atoms with Gasteiger partial charge in [0.1, 0.15) is 22.9 Å². The van der Waals surface area contributed by atoms with Gasteiger partial charge in [-0.3, -0.25) is 41.3 Å². The zero-order valence-electron chi connectivity index (χ0n) is 22.8. The third-order valence-electron chi connectivity index (χ3n) is 6.22. The number of aromatic nitrogens is 3. The molecule has 14 heteroatoms. The lowest BCUT2D eigenvalue weighted by Crippen LogP contribution is -2.33. The third-order valence-corrected chi connectivity index (χ3v) is 6.22. The summed E-state index contributed by atoms with van der Waals surface area (Å²) in [6.07, 6.45) is -0.258. The number of nitrogens with zero attached hydrogens (tertiary/aromatic N) is 6. The van der Waals surface area contributed by atoms with Crippen molar-refractivity contribution in [3.63, 3.8) is 0 Å². The minimum atomic E-state index is -0.774. The molecule has 0 atom stereocenters. The Bertz CT molecular complexity index is 1840. The van der Waals surface area contributed by atoms with Gasteiger partial charge in [0.25, 0.3) is 11.6 Å². The number of ketones is 1. The molecule has 0 aliphatic heterocycles. The molecule has 0 aliphatic rings. The largest absolute Gasteiger partial charge is 0.301 e. The monoisotopic (exact) mass is 589 g/mol. The van der Waals surface area contributed by atoms with Crippen LogP contribution in [-0.2, 0) is 0 Å². The third kappa shape index (κ3) is 7.01. The molecule has 0 amide bonds. The molecule has 0 spiro atoms. The van der Waals surface area contributed by atoms with Crippen LogP contribution in [0.5, 0.6) is 0 Å². The maximum atomic E-state index is 13.0. The lowest BCUT2D eigenvalue weighted by Gasteiger charge is -2.13. The van der Waals surface area contributed by atoms with Crippen LogP contribution in [-0.4, -0.2) is 36.6 Å². The molecule has 0 saturated carbocycles. The number of Topliss-reactive ketones (excluding diaryl/α,β-unsaturated/α-hetero) is 1. The highest BCUT2D eigenvalue weighted by Crippen LogP contribution is 2.30. The van der Waals surface area contributed by atoms with E-state index in [0.717, 1.165) is 29.3 Å². The van der Waals surface area contributed by atoms with Crippen LogP contribution in [0.3, 0.4) is 0 Å². The Labute approximate surface area is 249 Å². The minimum Gasteiger partial charge on any atom is -0.294 e. The van der Waals surface area contributed by atoms with Crippen molar-refractivity contribution in [2.45, 2.75) is 6.42 Å². The zero-order chi connectivity index (χ0) is 30.9. The van der Waals surface area contributed by atoms with Gasteiger partial charge in [0, 0.05) is 22.8 Å². The van der Waals surface area contributed by atoms with Crippen LogP contribution in [0.2, 0.25) is 0 Å². The van der Waals surface area contributed by atoms with E-state index in [1.807, 2.05) is 60.7 Å². The number of anilines is 2. The molecule has 4 aromatic carbocycles. The second kappa shape index (κ2) is 13.4. The summed E-state index contributed by atoms with van der Waals surface area (Å²) in [5.74, 6) is -0.227. The number of non-ortho nitro benzene ring substituents is 1. The highest BCUT2D eigenvalue weighted by Gasteiger charge is 2.20. The quantitative estimate of drug-likeness (QED) is 0.0568. The number of carbonyl (C=O) groups is 1. The Hall–Kier alpha value is -6.57. The van der Waals surface area contributed by atoms with Gasteiger partial charge in [0.15, 0.2) is 5.78 Å². The van der Waals surface area contributed by atoms with E-state index < -0.39 is 21.2 Å². The van der Waals surface area contributed by atoms with Gasteiger partial charge in [0.05, 0.1) is 22.3 Å². The summed E-state index contributed by atoms with van der Waals surface area (Å²) in [4.78, 5) is 38.8. The normalized spacial score (nSPS) is 11.0. The smallest absolute Gasteiger partial charge is 0.294 e. The molecule has 5 rings (SSSR count). The number of benzene rings is 4. The topological polar surface area (TPSA) is 190 Å². The van der Waals surface area contributed by atoms with Crippen molar-refractivity contribution < 1.29 is 14.6 Å². The molecule has 0 fully saturated rings. The molecule has 1 aromatic heterocycles. The zero-order valence-corrected chi connectivity index (χ0v) is 22.8. The predicted octanol–water partition coefficient (Wildman–Crippen LogP) is 5.64. The van der Waals surface area contributed by atoms with E-state index in [2.05, 4.69) is 36.6 Å². The van der Waals surface area contributed by atoms with Crippen molar-refractivity contribution in [1.29, 1.82) is 0 Å². The van der Waals surface area contributed by atoms with Crippen molar-refractivity contribution in [1.82, 2.24) is 20.6 Å². The average Bonchev–Trinajstić information content (AvgIpc) is 3.06. The molecular weight excluding hydrogens is 566 g/mol. The van der Waals surface area contributed by atoms with E-state index in [4.69, 9.17) is 0 Å². The number of hydrogen-bond donors (Lipinski definition) is 3.